The number of aryl methyl sites for hydroxylation is 1. The Balaban J connectivity index is 1.74. The van der Waals surface area contributed by atoms with Crippen molar-refractivity contribution in [3.63, 3.8) is 0 Å². The predicted octanol–water partition coefficient (Wildman–Crippen LogP) is 7.25. The predicted molar refractivity (Wildman–Crippen MR) is 119 cm³/mol. The first-order chi connectivity index (χ1) is 13.7. The lowest BCUT2D eigenvalue weighted by Gasteiger charge is -2.10. The molecule has 1 heterocycles. The summed E-state index contributed by atoms with van der Waals surface area (Å²) in [4.78, 5) is 9.12. The molecule has 2 aromatic rings. The van der Waals surface area contributed by atoms with E-state index in [1.54, 1.807) is 0 Å². The maximum atomic E-state index is 5.85. The smallest absolute Gasteiger partial charge is 0.159 e. The van der Waals surface area contributed by atoms with Crippen molar-refractivity contribution >= 4 is 0 Å². The van der Waals surface area contributed by atoms with Crippen LogP contribution in [-0.2, 0) is 6.42 Å². The molecule has 0 fully saturated rings. The Kier molecular flexibility index (Phi) is 10.6. The summed E-state index contributed by atoms with van der Waals surface area (Å²) in [6.45, 7) is 7.59. The fourth-order valence-electron chi connectivity index (χ4n) is 3.27. The van der Waals surface area contributed by atoms with E-state index in [4.69, 9.17) is 4.74 Å². The molecule has 0 aliphatic rings. The monoisotopic (exact) mass is 382 g/mol. The first kappa shape index (κ1) is 22.4. The summed E-state index contributed by atoms with van der Waals surface area (Å²) < 4.78 is 5.85. The summed E-state index contributed by atoms with van der Waals surface area (Å²) in [6.07, 6.45) is 16.5. The number of hydrogen-bond donors (Lipinski definition) is 0. The summed E-state index contributed by atoms with van der Waals surface area (Å²) >= 11 is 0. The minimum Gasteiger partial charge on any atom is -0.494 e. The van der Waals surface area contributed by atoms with Gasteiger partial charge in [-0.1, -0.05) is 59.3 Å². The lowest BCUT2D eigenvalue weighted by molar-refractivity contribution is 0.294. The lowest BCUT2D eigenvalue weighted by Crippen LogP contribution is -2.01. The van der Waals surface area contributed by atoms with E-state index in [1.165, 1.54) is 56.9 Å². The van der Waals surface area contributed by atoms with Crippen molar-refractivity contribution in [2.24, 2.45) is 5.92 Å². The molecule has 3 nitrogen and oxygen atoms in total. The summed E-state index contributed by atoms with van der Waals surface area (Å²) in [5, 5.41) is 0. The fraction of sp³-hybridized carbons (Fsp3) is 0.600. The Morgan fingerprint density at radius 1 is 0.857 bits per heavy atom. The van der Waals surface area contributed by atoms with E-state index >= 15 is 0 Å². The van der Waals surface area contributed by atoms with E-state index in [0.717, 1.165) is 42.5 Å². The molecule has 3 heteroatoms. The zero-order valence-electron chi connectivity index (χ0n) is 18.1. The Bertz CT molecular complexity index is 637. The molecule has 0 saturated carbocycles. The second kappa shape index (κ2) is 13.3. The molecular weight excluding hydrogens is 344 g/mol. The molecule has 1 aromatic carbocycles. The number of hydrogen-bond acceptors (Lipinski definition) is 3. The molecule has 1 aromatic heterocycles. The highest BCUT2D eigenvalue weighted by atomic mass is 16.5. The van der Waals surface area contributed by atoms with Crippen molar-refractivity contribution in [3.05, 3.63) is 42.2 Å². The second-order valence-corrected chi connectivity index (χ2v) is 7.96. The third-order valence-corrected chi connectivity index (χ3v) is 5.44. The van der Waals surface area contributed by atoms with Gasteiger partial charge in [0.2, 0.25) is 0 Å². The van der Waals surface area contributed by atoms with Gasteiger partial charge in [0.15, 0.2) is 5.82 Å². The van der Waals surface area contributed by atoms with Crippen LogP contribution in [-0.4, -0.2) is 16.6 Å². The summed E-state index contributed by atoms with van der Waals surface area (Å²) in [6, 6.07) is 8.14. The molecule has 0 saturated heterocycles. The van der Waals surface area contributed by atoms with E-state index in [0.29, 0.717) is 0 Å². The van der Waals surface area contributed by atoms with Gasteiger partial charge in [0.1, 0.15) is 5.75 Å². The highest BCUT2D eigenvalue weighted by molar-refractivity contribution is 5.55. The fourth-order valence-corrected chi connectivity index (χ4v) is 3.27. The number of rotatable bonds is 14. The summed E-state index contributed by atoms with van der Waals surface area (Å²) in [5.41, 5.74) is 2.28. The van der Waals surface area contributed by atoms with Crippen LogP contribution in [0.15, 0.2) is 36.7 Å². The van der Waals surface area contributed by atoms with E-state index in [9.17, 15) is 0 Å². The van der Waals surface area contributed by atoms with Crippen molar-refractivity contribution in [2.45, 2.75) is 85.0 Å². The van der Waals surface area contributed by atoms with Crippen molar-refractivity contribution in [2.75, 3.05) is 6.61 Å². The lowest BCUT2D eigenvalue weighted by atomic mass is 10.0. The molecule has 154 valence electrons. The Morgan fingerprint density at radius 3 is 2.21 bits per heavy atom. The Labute approximate surface area is 172 Å². The number of benzene rings is 1. The topological polar surface area (TPSA) is 35.0 Å². The molecule has 1 atom stereocenters. The van der Waals surface area contributed by atoms with Gasteiger partial charge < -0.3 is 4.74 Å². The average molecular weight is 383 g/mol. The number of ether oxygens (including phenoxy) is 1. The van der Waals surface area contributed by atoms with Crippen molar-refractivity contribution in [1.29, 1.82) is 0 Å². The highest BCUT2D eigenvalue weighted by Gasteiger charge is 2.04. The molecule has 0 spiro atoms. The van der Waals surface area contributed by atoms with Gasteiger partial charge in [-0.05, 0) is 61.4 Å². The number of nitrogens with zero attached hydrogens (tertiary/aromatic N) is 2. The molecule has 0 bridgehead atoms. The zero-order chi connectivity index (χ0) is 20.0. The molecule has 2 rings (SSSR count). The number of unbranched alkanes of at least 4 members (excludes halogenated alkanes) is 5. The molecule has 0 amide bonds. The van der Waals surface area contributed by atoms with Gasteiger partial charge in [0, 0.05) is 18.0 Å². The van der Waals surface area contributed by atoms with Gasteiger partial charge in [-0.2, -0.15) is 0 Å². The summed E-state index contributed by atoms with van der Waals surface area (Å²) in [7, 11) is 0. The zero-order valence-corrected chi connectivity index (χ0v) is 18.1. The SMILES string of the molecule is CCCCCCCCc1cnc(-c2ccc(OCCC[C@H](C)CC)cc2)nc1. The minimum absolute atomic E-state index is 0.784. The van der Waals surface area contributed by atoms with Gasteiger partial charge in [-0.15, -0.1) is 0 Å². The van der Waals surface area contributed by atoms with Crippen LogP contribution in [0, 0.1) is 5.92 Å². The molecule has 0 radical (unpaired) electrons. The minimum atomic E-state index is 0.784. The highest BCUT2D eigenvalue weighted by Crippen LogP contribution is 2.20. The Hall–Kier alpha value is -1.90. The van der Waals surface area contributed by atoms with Crippen LogP contribution < -0.4 is 4.74 Å². The van der Waals surface area contributed by atoms with Crippen LogP contribution in [0.4, 0.5) is 0 Å². The molecule has 0 aliphatic carbocycles. The first-order valence-corrected chi connectivity index (χ1v) is 11.3. The second-order valence-electron chi connectivity index (χ2n) is 7.96. The van der Waals surface area contributed by atoms with Crippen LogP contribution in [0.3, 0.4) is 0 Å². The third-order valence-electron chi connectivity index (χ3n) is 5.44. The van der Waals surface area contributed by atoms with Crippen LogP contribution in [0.25, 0.3) is 11.4 Å². The van der Waals surface area contributed by atoms with E-state index in [1.807, 2.05) is 36.7 Å². The summed E-state index contributed by atoms with van der Waals surface area (Å²) in [5.74, 6) is 2.50. The molecule has 0 N–H and O–H groups in total. The van der Waals surface area contributed by atoms with Crippen molar-refractivity contribution in [1.82, 2.24) is 9.97 Å². The van der Waals surface area contributed by atoms with Crippen molar-refractivity contribution < 1.29 is 4.74 Å². The standard InChI is InChI=1S/C25H38N2O/c1-4-6-7-8-9-10-13-22-19-26-25(27-20-22)23-14-16-24(17-15-23)28-18-11-12-21(3)5-2/h14-17,19-21H,4-13,18H2,1-3H3/t21-/m1/s1. The quantitative estimate of drug-likeness (QED) is 0.323. The third kappa shape index (κ3) is 8.41. The van der Waals surface area contributed by atoms with Gasteiger partial charge in [-0.3, -0.25) is 0 Å². The average Bonchev–Trinajstić information content (AvgIpc) is 2.74. The van der Waals surface area contributed by atoms with E-state index in [2.05, 4.69) is 30.7 Å². The van der Waals surface area contributed by atoms with Crippen LogP contribution >= 0.6 is 0 Å². The largest absolute Gasteiger partial charge is 0.494 e. The molecule has 0 unspecified atom stereocenters. The molecule has 28 heavy (non-hydrogen) atoms. The van der Waals surface area contributed by atoms with Gasteiger partial charge in [0.05, 0.1) is 6.61 Å². The van der Waals surface area contributed by atoms with Gasteiger partial charge in [-0.25, -0.2) is 9.97 Å². The maximum absolute atomic E-state index is 5.85. The Morgan fingerprint density at radius 2 is 1.54 bits per heavy atom. The van der Waals surface area contributed by atoms with Crippen LogP contribution in [0.2, 0.25) is 0 Å². The number of aromatic nitrogens is 2. The molecule has 0 aliphatic heterocycles. The molecular formula is C25H38N2O. The van der Waals surface area contributed by atoms with Crippen molar-refractivity contribution in [3.8, 4) is 17.1 Å². The first-order valence-electron chi connectivity index (χ1n) is 11.3. The van der Waals surface area contributed by atoms with Gasteiger partial charge in [0.25, 0.3) is 0 Å². The normalized spacial score (nSPS) is 12.1. The van der Waals surface area contributed by atoms with Crippen LogP contribution in [0.1, 0.15) is 84.1 Å². The van der Waals surface area contributed by atoms with Crippen LogP contribution in [0.5, 0.6) is 5.75 Å². The maximum Gasteiger partial charge on any atom is 0.159 e. The van der Waals surface area contributed by atoms with Gasteiger partial charge >= 0.3 is 0 Å². The van der Waals surface area contributed by atoms with E-state index < -0.39 is 0 Å². The van der Waals surface area contributed by atoms with E-state index in [-0.39, 0.29) is 0 Å².